The molecule has 2 aromatic rings. The summed E-state index contributed by atoms with van der Waals surface area (Å²) in [6.07, 6.45) is 2.59. The van der Waals surface area contributed by atoms with E-state index >= 15 is 0 Å². The molecule has 0 spiro atoms. The highest BCUT2D eigenvalue weighted by Gasteiger charge is 2.20. The summed E-state index contributed by atoms with van der Waals surface area (Å²) in [6.45, 7) is 1.92. The molecule has 0 unspecified atom stereocenters. The summed E-state index contributed by atoms with van der Waals surface area (Å²) in [6, 6.07) is 7.76. The summed E-state index contributed by atoms with van der Waals surface area (Å²) in [5.74, 6) is 0. The number of nitrogens with zero attached hydrogens (tertiary/aromatic N) is 1. The summed E-state index contributed by atoms with van der Waals surface area (Å²) in [7, 11) is -4.07. The Morgan fingerprint density at radius 2 is 2.05 bits per heavy atom. The highest BCUT2D eigenvalue weighted by atomic mass is 32.2. The summed E-state index contributed by atoms with van der Waals surface area (Å²) >= 11 is 0. The van der Waals surface area contributed by atoms with Gasteiger partial charge in [0.05, 0.1) is 5.69 Å². The van der Waals surface area contributed by atoms with Crippen molar-refractivity contribution in [1.29, 1.82) is 0 Å². The fraction of sp³-hybridized carbons (Fsp3) is 0.0769. The Hall–Kier alpha value is -2.61. The maximum Gasteiger partial charge on any atom is 0.326 e. The third-order valence-electron chi connectivity index (χ3n) is 2.61. The number of pyridine rings is 1. The second kappa shape index (κ2) is 5.80. The lowest BCUT2D eigenvalue weighted by Gasteiger charge is -2.12. The zero-order valence-corrected chi connectivity index (χ0v) is 12.0. The minimum atomic E-state index is -4.07. The monoisotopic (exact) mass is 306 g/mol. The molecular formula is C13H14N4O3S. The Kier molecular flexibility index (Phi) is 4.08. The number of sulfonamides is 1. The number of anilines is 2. The van der Waals surface area contributed by atoms with Crippen molar-refractivity contribution in [3.8, 4) is 0 Å². The van der Waals surface area contributed by atoms with Crippen molar-refractivity contribution in [2.75, 3.05) is 5.32 Å². The molecule has 0 radical (unpaired) electrons. The van der Waals surface area contributed by atoms with Crippen LogP contribution in [0.15, 0.2) is 47.6 Å². The number of amides is 2. The van der Waals surface area contributed by atoms with Gasteiger partial charge in [0.15, 0.2) is 0 Å². The van der Waals surface area contributed by atoms with Gasteiger partial charge in [-0.3, -0.25) is 4.98 Å². The number of carbonyl (C=O) groups is 1. The molecule has 0 saturated carbocycles. The van der Waals surface area contributed by atoms with Gasteiger partial charge in [-0.25, -0.2) is 17.9 Å². The van der Waals surface area contributed by atoms with E-state index in [4.69, 9.17) is 5.73 Å². The van der Waals surface area contributed by atoms with E-state index in [0.29, 0.717) is 5.69 Å². The Morgan fingerprint density at radius 3 is 2.71 bits per heavy atom. The van der Waals surface area contributed by atoms with E-state index in [0.717, 1.165) is 17.4 Å². The van der Waals surface area contributed by atoms with Crippen LogP contribution in [0, 0.1) is 6.92 Å². The second-order valence-corrected chi connectivity index (χ2v) is 5.99. The minimum absolute atomic E-state index is 0.162. The first-order valence-corrected chi connectivity index (χ1v) is 7.47. The van der Waals surface area contributed by atoms with Crippen LogP contribution < -0.4 is 15.8 Å². The van der Waals surface area contributed by atoms with E-state index in [9.17, 15) is 13.2 Å². The number of carbonyl (C=O) groups excluding carboxylic acids is 1. The van der Waals surface area contributed by atoms with E-state index in [-0.39, 0.29) is 4.90 Å². The molecule has 0 atom stereocenters. The first-order valence-electron chi connectivity index (χ1n) is 5.98. The molecule has 110 valence electrons. The molecule has 2 amide bonds. The van der Waals surface area contributed by atoms with Gasteiger partial charge in [0, 0.05) is 18.1 Å². The molecule has 0 fully saturated rings. The predicted molar refractivity (Wildman–Crippen MR) is 78.6 cm³/mol. The van der Waals surface area contributed by atoms with Crippen LogP contribution in [0.4, 0.5) is 16.2 Å². The number of nitrogens with one attached hydrogen (secondary N) is 2. The van der Waals surface area contributed by atoms with Crippen molar-refractivity contribution in [3.05, 3.63) is 48.3 Å². The van der Waals surface area contributed by atoms with Crippen LogP contribution in [0.5, 0.6) is 0 Å². The lowest BCUT2D eigenvalue weighted by molar-refractivity contribution is 0.253. The van der Waals surface area contributed by atoms with Crippen LogP contribution in [-0.4, -0.2) is 19.4 Å². The second-order valence-electron chi connectivity index (χ2n) is 4.34. The number of aromatic nitrogens is 1. The Bertz CT molecular complexity index is 774. The lowest BCUT2D eigenvalue weighted by Crippen LogP contribution is -2.35. The first kappa shape index (κ1) is 14.8. The number of hydrogen-bond donors (Lipinski definition) is 3. The van der Waals surface area contributed by atoms with Crippen molar-refractivity contribution in [1.82, 2.24) is 9.71 Å². The SMILES string of the molecule is Cc1cccc(Nc2ccncc2S(=O)(=O)NC(N)=O)c1. The quantitative estimate of drug-likeness (QED) is 0.791. The predicted octanol–water partition coefficient (Wildman–Crippen LogP) is 1.49. The fourth-order valence-electron chi connectivity index (χ4n) is 1.76. The molecule has 0 saturated heterocycles. The topological polar surface area (TPSA) is 114 Å². The fourth-order valence-corrected chi connectivity index (χ4v) is 2.75. The number of nitrogens with two attached hydrogens (primary N) is 1. The van der Waals surface area contributed by atoms with E-state index in [1.165, 1.54) is 12.3 Å². The van der Waals surface area contributed by atoms with Gasteiger partial charge in [-0.2, -0.15) is 0 Å². The van der Waals surface area contributed by atoms with Gasteiger partial charge in [0.25, 0.3) is 10.0 Å². The Morgan fingerprint density at radius 1 is 1.29 bits per heavy atom. The zero-order valence-electron chi connectivity index (χ0n) is 11.2. The summed E-state index contributed by atoms with van der Waals surface area (Å²) in [5, 5.41) is 2.98. The molecule has 0 aliphatic heterocycles. The molecule has 2 rings (SSSR count). The molecule has 0 aliphatic carbocycles. The van der Waals surface area contributed by atoms with Gasteiger partial charge < -0.3 is 11.1 Å². The van der Waals surface area contributed by atoms with Gasteiger partial charge in [0.2, 0.25) is 0 Å². The van der Waals surface area contributed by atoms with Gasteiger partial charge >= 0.3 is 6.03 Å². The number of rotatable bonds is 4. The molecule has 1 heterocycles. The maximum absolute atomic E-state index is 12.0. The van der Waals surface area contributed by atoms with Crippen LogP contribution in [0.3, 0.4) is 0 Å². The lowest BCUT2D eigenvalue weighted by atomic mass is 10.2. The summed E-state index contributed by atoms with van der Waals surface area (Å²) in [5.41, 5.74) is 6.91. The van der Waals surface area contributed by atoms with Gasteiger partial charge in [-0.1, -0.05) is 12.1 Å². The van der Waals surface area contributed by atoms with Crippen molar-refractivity contribution >= 4 is 27.4 Å². The molecule has 1 aromatic carbocycles. The molecule has 8 heteroatoms. The molecule has 0 bridgehead atoms. The molecule has 4 N–H and O–H groups in total. The third kappa shape index (κ3) is 3.69. The standard InChI is InChI=1S/C13H14N4O3S/c1-9-3-2-4-10(7-9)16-11-5-6-15-8-12(11)21(19,20)17-13(14)18/h2-8H,1H3,(H,15,16)(H3,14,17,18). The van der Waals surface area contributed by atoms with Crippen LogP contribution in [0.25, 0.3) is 0 Å². The van der Waals surface area contributed by atoms with Crippen LogP contribution in [0.2, 0.25) is 0 Å². The normalized spacial score (nSPS) is 10.9. The number of primary amides is 1. The average Bonchev–Trinajstić information content (AvgIpc) is 2.37. The molecule has 7 nitrogen and oxygen atoms in total. The molecular weight excluding hydrogens is 292 g/mol. The van der Waals surface area contributed by atoms with Gasteiger partial charge in [-0.05, 0) is 30.7 Å². The van der Waals surface area contributed by atoms with Crippen molar-refractivity contribution in [3.63, 3.8) is 0 Å². The Balaban J connectivity index is 2.40. The number of aryl methyl sites for hydroxylation is 1. The molecule has 1 aromatic heterocycles. The number of urea groups is 1. The van der Waals surface area contributed by atoms with Crippen LogP contribution in [0.1, 0.15) is 5.56 Å². The van der Waals surface area contributed by atoms with E-state index in [1.54, 1.807) is 10.8 Å². The van der Waals surface area contributed by atoms with Crippen molar-refractivity contribution < 1.29 is 13.2 Å². The third-order valence-corrected chi connectivity index (χ3v) is 3.98. The van der Waals surface area contributed by atoms with Gasteiger partial charge in [-0.15, -0.1) is 0 Å². The van der Waals surface area contributed by atoms with Gasteiger partial charge in [0.1, 0.15) is 4.90 Å². The number of hydrogen-bond acceptors (Lipinski definition) is 5. The van der Waals surface area contributed by atoms with Crippen molar-refractivity contribution in [2.24, 2.45) is 5.73 Å². The van der Waals surface area contributed by atoms with E-state index in [2.05, 4.69) is 10.3 Å². The van der Waals surface area contributed by atoms with Crippen LogP contribution in [-0.2, 0) is 10.0 Å². The molecule has 21 heavy (non-hydrogen) atoms. The number of benzene rings is 1. The zero-order chi connectivity index (χ0) is 15.5. The highest BCUT2D eigenvalue weighted by molar-refractivity contribution is 7.90. The van der Waals surface area contributed by atoms with Crippen molar-refractivity contribution in [2.45, 2.75) is 11.8 Å². The average molecular weight is 306 g/mol. The highest BCUT2D eigenvalue weighted by Crippen LogP contribution is 2.24. The van der Waals surface area contributed by atoms with E-state index in [1.807, 2.05) is 25.1 Å². The smallest absolute Gasteiger partial charge is 0.326 e. The van der Waals surface area contributed by atoms with E-state index < -0.39 is 16.1 Å². The van der Waals surface area contributed by atoms with Crippen LogP contribution >= 0.6 is 0 Å². The first-order chi connectivity index (χ1) is 9.88. The minimum Gasteiger partial charge on any atom is -0.354 e. The maximum atomic E-state index is 12.0. The Labute approximate surface area is 122 Å². The molecule has 0 aliphatic rings. The summed E-state index contributed by atoms with van der Waals surface area (Å²) in [4.78, 5) is 14.4. The summed E-state index contributed by atoms with van der Waals surface area (Å²) < 4.78 is 25.8. The largest absolute Gasteiger partial charge is 0.354 e.